The normalized spacial score (nSPS) is 14.8. The van der Waals surface area contributed by atoms with Crippen LogP contribution in [0.25, 0.3) is 0 Å². The minimum absolute atomic E-state index is 0.0138. The first-order valence-electron chi connectivity index (χ1n) is 7.20. The van der Waals surface area contributed by atoms with Crippen LogP contribution in [0.3, 0.4) is 0 Å². The Kier molecular flexibility index (Phi) is 8.60. The summed E-state index contributed by atoms with van der Waals surface area (Å²) >= 11 is 0. The molecule has 0 amide bonds. The molecule has 0 aromatic heterocycles. The summed E-state index contributed by atoms with van der Waals surface area (Å²) < 4.78 is 0. The summed E-state index contributed by atoms with van der Waals surface area (Å²) in [6.07, 6.45) is 9.76. The molecular formula is C15H30O. The van der Waals surface area contributed by atoms with Crippen LogP contribution in [0.2, 0.25) is 0 Å². The maximum Gasteiger partial charge on any atom is 0.139 e. The van der Waals surface area contributed by atoms with E-state index in [4.69, 9.17) is 0 Å². The quantitative estimate of drug-likeness (QED) is 0.504. The van der Waals surface area contributed by atoms with Gasteiger partial charge in [-0.1, -0.05) is 53.4 Å². The van der Waals surface area contributed by atoms with E-state index in [-0.39, 0.29) is 5.41 Å². The molecular weight excluding hydrogens is 196 g/mol. The third-order valence-corrected chi connectivity index (χ3v) is 3.76. The Morgan fingerprint density at radius 2 is 1.50 bits per heavy atom. The topological polar surface area (TPSA) is 17.1 Å². The summed E-state index contributed by atoms with van der Waals surface area (Å²) in [4.78, 5) is 12.4. The molecule has 96 valence electrons. The van der Waals surface area contributed by atoms with Crippen molar-refractivity contribution >= 4 is 5.78 Å². The number of unbranched alkanes of at least 4 members (excludes halogenated alkanes) is 2. The standard InChI is InChI=1S/C15H30O/c1-5-9-11-14(16)15(8-4,12-7-3)13-10-6-2/h5-13H2,1-4H3. The molecule has 0 aliphatic rings. The largest absolute Gasteiger partial charge is 0.299 e. The first kappa shape index (κ1) is 15.7. The van der Waals surface area contributed by atoms with E-state index in [0.717, 1.165) is 44.9 Å². The molecule has 0 aliphatic carbocycles. The Balaban J connectivity index is 4.52. The Hall–Kier alpha value is -0.330. The molecule has 1 heteroatoms. The second kappa shape index (κ2) is 8.78. The van der Waals surface area contributed by atoms with Gasteiger partial charge >= 0.3 is 0 Å². The van der Waals surface area contributed by atoms with Crippen molar-refractivity contribution in [2.24, 2.45) is 5.41 Å². The van der Waals surface area contributed by atoms with Gasteiger partial charge in [0.25, 0.3) is 0 Å². The highest BCUT2D eigenvalue weighted by atomic mass is 16.1. The molecule has 0 spiro atoms. The van der Waals surface area contributed by atoms with Gasteiger partial charge in [-0.25, -0.2) is 0 Å². The molecule has 0 aromatic carbocycles. The van der Waals surface area contributed by atoms with Gasteiger partial charge in [0.1, 0.15) is 5.78 Å². The molecule has 0 radical (unpaired) electrons. The second-order valence-corrected chi connectivity index (χ2v) is 5.01. The number of hydrogen-bond donors (Lipinski definition) is 0. The van der Waals surface area contributed by atoms with E-state index >= 15 is 0 Å². The first-order chi connectivity index (χ1) is 7.66. The lowest BCUT2D eigenvalue weighted by Crippen LogP contribution is -2.30. The maximum atomic E-state index is 12.4. The van der Waals surface area contributed by atoms with Gasteiger partial charge in [0.2, 0.25) is 0 Å². The fourth-order valence-electron chi connectivity index (χ4n) is 2.55. The van der Waals surface area contributed by atoms with Crippen LogP contribution in [0.1, 0.15) is 85.5 Å². The number of rotatable bonds is 10. The van der Waals surface area contributed by atoms with Crippen LogP contribution in [0, 0.1) is 5.41 Å². The first-order valence-corrected chi connectivity index (χ1v) is 7.20. The van der Waals surface area contributed by atoms with Crippen molar-refractivity contribution in [3.05, 3.63) is 0 Å². The second-order valence-electron chi connectivity index (χ2n) is 5.01. The molecule has 1 nitrogen and oxygen atoms in total. The van der Waals surface area contributed by atoms with Crippen LogP contribution in [0.15, 0.2) is 0 Å². The van der Waals surface area contributed by atoms with Gasteiger partial charge in [-0.2, -0.15) is 0 Å². The average Bonchev–Trinajstić information content (AvgIpc) is 2.31. The minimum Gasteiger partial charge on any atom is -0.299 e. The number of hydrogen-bond acceptors (Lipinski definition) is 1. The molecule has 0 saturated heterocycles. The van der Waals surface area contributed by atoms with Crippen molar-refractivity contribution in [2.45, 2.75) is 85.5 Å². The molecule has 0 rings (SSSR count). The van der Waals surface area contributed by atoms with E-state index in [1.165, 1.54) is 12.8 Å². The highest BCUT2D eigenvalue weighted by Gasteiger charge is 2.33. The van der Waals surface area contributed by atoms with Crippen LogP contribution >= 0.6 is 0 Å². The van der Waals surface area contributed by atoms with E-state index < -0.39 is 0 Å². The van der Waals surface area contributed by atoms with Gasteiger partial charge < -0.3 is 0 Å². The van der Waals surface area contributed by atoms with Crippen LogP contribution in [-0.2, 0) is 4.79 Å². The Labute approximate surface area is 102 Å². The highest BCUT2D eigenvalue weighted by Crippen LogP contribution is 2.36. The monoisotopic (exact) mass is 226 g/mol. The lowest BCUT2D eigenvalue weighted by molar-refractivity contribution is -0.130. The third-order valence-electron chi connectivity index (χ3n) is 3.76. The Morgan fingerprint density at radius 3 is 1.94 bits per heavy atom. The van der Waals surface area contributed by atoms with Gasteiger partial charge in [0.15, 0.2) is 0 Å². The van der Waals surface area contributed by atoms with Crippen molar-refractivity contribution in [3.8, 4) is 0 Å². The molecule has 1 unspecified atom stereocenters. The zero-order valence-electron chi connectivity index (χ0n) is 11.8. The smallest absolute Gasteiger partial charge is 0.139 e. The summed E-state index contributed by atoms with van der Waals surface area (Å²) in [6.45, 7) is 8.76. The lowest BCUT2D eigenvalue weighted by Gasteiger charge is -2.31. The molecule has 0 aromatic rings. The van der Waals surface area contributed by atoms with Gasteiger partial charge in [0, 0.05) is 11.8 Å². The summed E-state index contributed by atoms with van der Waals surface area (Å²) in [5.74, 6) is 0.534. The molecule has 0 bridgehead atoms. The van der Waals surface area contributed by atoms with Crippen molar-refractivity contribution in [1.82, 2.24) is 0 Å². The Morgan fingerprint density at radius 1 is 0.875 bits per heavy atom. The van der Waals surface area contributed by atoms with E-state index in [9.17, 15) is 4.79 Å². The lowest BCUT2D eigenvalue weighted by atomic mass is 9.72. The molecule has 16 heavy (non-hydrogen) atoms. The molecule has 0 N–H and O–H groups in total. The predicted octanol–water partition coefficient (Wildman–Crippen LogP) is 5.13. The summed E-state index contributed by atoms with van der Waals surface area (Å²) in [5, 5.41) is 0. The minimum atomic E-state index is 0.0138. The van der Waals surface area contributed by atoms with Crippen molar-refractivity contribution < 1.29 is 4.79 Å². The zero-order valence-corrected chi connectivity index (χ0v) is 11.8. The maximum absolute atomic E-state index is 12.4. The van der Waals surface area contributed by atoms with Crippen molar-refractivity contribution in [1.29, 1.82) is 0 Å². The summed E-state index contributed by atoms with van der Waals surface area (Å²) in [7, 11) is 0. The fourth-order valence-corrected chi connectivity index (χ4v) is 2.55. The van der Waals surface area contributed by atoms with E-state index in [1.807, 2.05) is 0 Å². The van der Waals surface area contributed by atoms with E-state index in [0.29, 0.717) is 5.78 Å². The predicted molar refractivity (Wildman–Crippen MR) is 71.7 cm³/mol. The molecule has 0 aliphatic heterocycles. The van der Waals surface area contributed by atoms with E-state index in [1.54, 1.807) is 0 Å². The molecule has 0 fully saturated rings. The number of ketones is 1. The summed E-state index contributed by atoms with van der Waals surface area (Å²) in [5.41, 5.74) is 0.0138. The number of Topliss-reactive ketones (excluding diaryl/α,β-unsaturated/α-hetero) is 1. The number of carbonyl (C=O) groups is 1. The van der Waals surface area contributed by atoms with Gasteiger partial charge in [-0.15, -0.1) is 0 Å². The van der Waals surface area contributed by atoms with Gasteiger partial charge in [-0.05, 0) is 25.7 Å². The SMILES string of the molecule is CCCCC(=O)C(CC)(CCC)CCCC. The van der Waals surface area contributed by atoms with Crippen molar-refractivity contribution in [3.63, 3.8) is 0 Å². The van der Waals surface area contributed by atoms with Gasteiger partial charge in [0.05, 0.1) is 0 Å². The molecule has 1 atom stereocenters. The van der Waals surface area contributed by atoms with E-state index in [2.05, 4.69) is 27.7 Å². The highest BCUT2D eigenvalue weighted by molar-refractivity contribution is 5.84. The van der Waals surface area contributed by atoms with Crippen LogP contribution in [0.5, 0.6) is 0 Å². The zero-order chi connectivity index (χ0) is 12.4. The van der Waals surface area contributed by atoms with Gasteiger partial charge in [-0.3, -0.25) is 4.79 Å². The van der Waals surface area contributed by atoms with Crippen LogP contribution < -0.4 is 0 Å². The number of carbonyl (C=O) groups excluding carboxylic acids is 1. The summed E-state index contributed by atoms with van der Waals surface area (Å²) in [6, 6.07) is 0. The Bertz CT molecular complexity index is 186. The average molecular weight is 226 g/mol. The molecule has 0 heterocycles. The van der Waals surface area contributed by atoms with Crippen LogP contribution in [0.4, 0.5) is 0 Å². The molecule has 0 saturated carbocycles. The fraction of sp³-hybridized carbons (Fsp3) is 0.933. The van der Waals surface area contributed by atoms with Crippen molar-refractivity contribution in [2.75, 3.05) is 0 Å². The third kappa shape index (κ3) is 4.67. The van der Waals surface area contributed by atoms with Crippen LogP contribution in [-0.4, -0.2) is 5.78 Å².